The zero-order valence-electron chi connectivity index (χ0n) is 33.4. The molecule has 0 spiro atoms. The summed E-state index contributed by atoms with van der Waals surface area (Å²) in [5, 5.41) is 6.96. The van der Waals surface area contributed by atoms with Crippen molar-refractivity contribution in [1.82, 2.24) is 24.8 Å². The quantitative estimate of drug-likeness (QED) is 0.108. The van der Waals surface area contributed by atoms with Gasteiger partial charge in [0, 0.05) is 44.0 Å². The minimum absolute atomic E-state index is 0.0145. The summed E-state index contributed by atoms with van der Waals surface area (Å²) in [5.74, 6) is 0.528. The Bertz CT molecular complexity index is 1670. The van der Waals surface area contributed by atoms with Gasteiger partial charge in [-0.3, -0.25) is 10.4 Å². The number of methoxy groups -OCH3 is 1. The van der Waals surface area contributed by atoms with Gasteiger partial charge in [0.1, 0.15) is 17.5 Å². The smallest absolute Gasteiger partial charge is 0.415 e. The van der Waals surface area contributed by atoms with Gasteiger partial charge >= 0.3 is 12.1 Å². The van der Waals surface area contributed by atoms with Gasteiger partial charge in [-0.2, -0.15) is 0 Å². The molecule has 2 aromatic heterocycles. The van der Waals surface area contributed by atoms with Crippen molar-refractivity contribution in [3.63, 3.8) is 0 Å². The number of rotatable bonds is 10. The van der Waals surface area contributed by atoms with Gasteiger partial charge in [0.2, 0.25) is 5.88 Å². The Morgan fingerprint density at radius 2 is 1.81 bits per heavy atom. The van der Waals surface area contributed by atoms with E-state index in [0.29, 0.717) is 50.9 Å². The fourth-order valence-corrected chi connectivity index (χ4v) is 9.19. The number of carbonyl (C=O) groups is 2. The van der Waals surface area contributed by atoms with Crippen LogP contribution in [0.25, 0.3) is 10.5 Å². The highest BCUT2D eigenvalue weighted by Gasteiger charge is 2.45. The van der Waals surface area contributed by atoms with Crippen LogP contribution in [0.4, 0.5) is 10.5 Å². The molecule has 1 amide bonds. The molecule has 4 fully saturated rings. The molecule has 2 aromatic rings. The number of ether oxygens (including phenoxy) is 5. The molecule has 1 saturated heterocycles. The average Bonchev–Trinajstić information content (AvgIpc) is 3.70. The van der Waals surface area contributed by atoms with Gasteiger partial charge in [-0.1, -0.05) is 58.6 Å². The number of carbonyl (C=O) groups excluding carboxylic acids is 2. The molecular formula is C41H62N6O7. The minimum Gasteiger partial charge on any atom is -0.459 e. The van der Waals surface area contributed by atoms with Gasteiger partial charge in [-0.15, -0.1) is 0 Å². The number of esters is 1. The lowest BCUT2D eigenvalue weighted by molar-refractivity contribution is -0.0535. The fraction of sp³-hybridized carbons (Fsp3) is 0.756. The zero-order chi connectivity index (χ0) is 38.6. The topological polar surface area (TPSA) is 133 Å². The van der Waals surface area contributed by atoms with Crippen molar-refractivity contribution in [2.75, 3.05) is 40.1 Å². The van der Waals surface area contributed by atoms with Crippen molar-refractivity contribution in [3.05, 3.63) is 34.5 Å². The number of nitrogens with one attached hydrogen (secondary N) is 2. The second-order valence-corrected chi connectivity index (χ2v) is 17.4. The largest absolute Gasteiger partial charge is 0.459 e. The van der Waals surface area contributed by atoms with Crippen molar-refractivity contribution in [2.24, 2.45) is 23.2 Å². The molecule has 0 aromatic carbocycles. The van der Waals surface area contributed by atoms with Crippen LogP contribution in [0.15, 0.2) is 11.6 Å². The van der Waals surface area contributed by atoms with Crippen LogP contribution in [0.3, 0.4) is 0 Å². The number of nitrogens with zero attached hydrogens (tertiary/aromatic N) is 4. The van der Waals surface area contributed by atoms with Crippen molar-refractivity contribution < 1.29 is 33.3 Å². The summed E-state index contributed by atoms with van der Waals surface area (Å²) in [4.78, 5) is 38.4. The maximum absolute atomic E-state index is 14.6. The summed E-state index contributed by atoms with van der Waals surface area (Å²) in [7, 11) is 1.75. The first-order valence-electron chi connectivity index (χ1n) is 20.2. The molecule has 1 aliphatic heterocycles. The lowest BCUT2D eigenvalue weighted by atomic mass is 9.64. The first kappa shape index (κ1) is 40.2. The third-order valence-electron chi connectivity index (χ3n) is 12.0. The molecule has 6 rings (SSSR count). The van der Waals surface area contributed by atoms with Crippen LogP contribution in [0, 0.1) is 29.7 Å². The summed E-state index contributed by atoms with van der Waals surface area (Å²) in [5.41, 5.74) is 1.18. The number of H-pyrrole nitrogens is 1. The van der Waals surface area contributed by atoms with Crippen LogP contribution >= 0.6 is 0 Å². The minimum atomic E-state index is -0.631. The van der Waals surface area contributed by atoms with Gasteiger partial charge in [-0.25, -0.2) is 23.9 Å². The van der Waals surface area contributed by atoms with Gasteiger partial charge in [0.05, 0.1) is 38.7 Å². The van der Waals surface area contributed by atoms with Gasteiger partial charge in [0.15, 0.2) is 5.65 Å². The Labute approximate surface area is 320 Å². The van der Waals surface area contributed by atoms with Crippen molar-refractivity contribution in [2.45, 2.75) is 136 Å². The zero-order valence-corrected chi connectivity index (χ0v) is 33.4. The maximum Gasteiger partial charge on any atom is 0.415 e. The Balaban J connectivity index is 1.33. The van der Waals surface area contributed by atoms with E-state index < -0.39 is 18.2 Å². The Hall–Kier alpha value is -3.44. The van der Waals surface area contributed by atoms with Crippen LogP contribution in [0.1, 0.15) is 128 Å². The highest BCUT2D eigenvalue weighted by molar-refractivity contribution is 6.05. The summed E-state index contributed by atoms with van der Waals surface area (Å²) in [6.07, 6.45) is 11.6. The number of aromatic amines is 1. The van der Waals surface area contributed by atoms with E-state index in [1.54, 1.807) is 12.0 Å². The number of fused-ring (bicyclic) bond motifs is 1. The molecule has 2 N–H and O–H groups in total. The lowest BCUT2D eigenvalue weighted by Crippen LogP contribution is -2.46. The van der Waals surface area contributed by atoms with E-state index >= 15 is 0 Å². The second kappa shape index (κ2) is 17.6. The van der Waals surface area contributed by atoms with Crippen LogP contribution in [-0.2, 0) is 18.9 Å². The molecule has 298 valence electrons. The number of allylic oxidation sites excluding steroid dienone is 1. The van der Waals surface area contributed by atoms with E-state index in [4.69, 9.17) is 35.2 Å². The number of hydrogen-bond acceptors (Lipinski definition) is 9. The van der Waals surface area contributed by atoms with E-state index in [9.17, 15) is 9.59 Å². The fourth-order valence-electron chi connectivity index (χ4n) is 9.19. The first-order valence-corrected chi connectivity index (χ1v) is 20.2. The molecule has 0 radical (unpaired) electrons. The molecule has 54 heavy (non-hydrogen) atoms. The Kier molecular flexibility index (Phi) is 13.1. The van der Waals surface area contributed by atoms with Crippen molar-refractivity contribution in [1.29, 1.82) is 0 Å². The van der Waals surface area contributed by atoms with Crippen LogP contribution < -0.4 is 10.1 Å². The molecule has 7 atom stereocenters. The molecule has 3 aliphatic carbocycles. The SMILES string of the molecule is [C-]#[N+]c1c(C(=O)OC2C(C=C(C)C)CC(C)CC2C(C)(C)C)c2nc(C3CCC(OC)C(NCOC4CCCCC4)C3)[nH]n2c1OC(=O)N1CCOCC1. The maximum atomic E-state index is 14.6. The van der Waals surface area contributed by atoms with E-state index in [-0.39, 0.29) is 58.1 Å². The number of amides is 1. The van der Waals surface area contributed by atoms with Gasteiger partial charge in [-0.05, 0) is 70.1 Å². The number of hydrogen-bond donors (Lipinski definition) is 2. The van der Waals surface area contributed by atoms with Crippen molar-refractivity contribution in [3.8, 4) is 5.88 Å². The van der Waals surface area contributed by atoms with Gasteiger partial charge < -0.3 is 28.6 Å². The molecule has 3 heterocycles. The summed E-state index contributed by atoms with van der Waals surface area (Å²) in [6.45, 7) is 23.2. The van der Waals surface area contributed by atoms with Gasteiger partial charge in [0.25, 0.3) is 5.69 Å². The standard InChI is InChI=1S/C41H62N6O7/c1-25(2)20-28-21-26(3)22-30(41(4,5)6)35(28)53-39(48)33-34(42-7)38(54-40(49)46-16-18-51-19-17-46)47-37(33)44-36(45-47)27-14-15-32(50-8)31(23-27)43-24-52-29-12-10-9-11-13-29/h20,26-32,35,43H,9-19,21-24H2,1-6,8H3,(H,44,45). The monoisotopic (exact) mass is 750 g/mol. The first-order chi connectivity index (χ1) is 25.9. The van der Waals surface area contributed by atoms with E-state index in [2.05, 4.69) is 62.9 Å². The normalized spacial score (nSPS) is 28.4. The molecular weight excluding hydrogens is 688 g/mol. The van der Waals surface area contributed by atoms with Crippen LogP contribution in [0.5, 0.6) is 5.88 Å². The average molecular weight is 751 g/mol. The molecule has 13 nitrogen and oxygen atoms in total. The summed E-state index contributed by atoms with van der Waals surface area (Å²) in [6, 6.07) is 0.0266. The Morgan fingerprint density at radius 3 is 2.48 bits per heavy atom. The van der Waals surface area contributed by atoms with Crippen LogP contribution in [-0.4, -0.2) is 96.1 Å². The predicted molar refractivity (Wildman–Crippen MR) is 205 cm³/mol. The van der Waals surface area contributed by atoms with Crippen molar-refractivity contribution >= 4 is 23.4 Å². The van der Waals surface area contributed by atoms with Crippen LogP contribution in [0.2, 0.25) is 0 Å². The molecule has 13 heteroatoms. The molecule has 0 bridgehead atoms. The highest BCUT2D eigenvalue weighted by Crippen LogP contribution is 2.47. The summed E-state index contributed by atoms with van der Waals surface area (Å²) >= 11 is 0. The predicted octanol–water partition coefficient (Wildman–Crippen LogP) is 7.79. The molecule has 4 aliphatic rings. The molecule has 7 unspecified atom stereocenters. The number of aromatic nitrogens is 3. The molecule has 3 saturated carbocycles. The highest BCUT2D eigenvalue weighted by atomic mass is 16.6. The second-order valence-electron chi connectivity index (χ2n) is 17.4. The third kappa shape index (κ3) is 9.15. The van der Waals surface area contributed by atoms with E-state index in [1.807, 2.05) is 0 Å². The lowest BCUT2D eigenvalue weighted by Gasteiger charge is -2.45. The third-order valence-corrected chi connectivity index (χ3v) is 12.0. The Morgan fingerprint density at radius 1 is 1.07 bits per heavy atom. The summed E-state index contributed by atoms with van der Waals surface area (Å²) < 4.78 is 31.6. The number of morpholine rings is 1. The van der Waals surface area contributed by atoms with E-state index in [1.165, 1.54) is 29.4 Å². The van der Waals surface area contributed by atoms with E-state index in [0.717, 1.165) is 44.9 Å².